The maximum atomic E-state index is 12.0. The van der Waals surface area contributed by atoms with Crippen LogP contribution in [0.15, 0.2) is 22.9 Å². The summed E-state index contributed by atoms with van der Waals surface area (Å²) >= 11 is 3.19. The number of amides is 1. The van der Waals surface area contributed by atoms with Crippen molar-refractivity contribution in [2.75, 3.05) is 24.6 Å². The fourth-order valence-corrected chi connectivity index (χ4v) is 3.04. The molecule has 0 saturated carbocycles. The number of hydrogen-bond donors (Lipinski definition) is 0. The third kappa shape index (κ3) is 3.04. The number of rotatable bonds is 1. The van der Waals surface area contributed by atoms with Crippen molar-refractivity contribution in [3.05, 3.63) is 28.5 Å². The van der Waals surface area contributed by atoms with Gasteiger partial charge in [0.05, 0.1) is 17.1 Å². The van der Waals surface area contributed by atoms with Crippen molar-refractivity contribution in [3.63, 3.8) is 0 Å². The Bertz CT molecular complexity index is 513. The molecule has 0 aliphatic carbocycles. The first-order valence-electron chi connectivity index (χ1n) is 5.09. The first-order valence-corrected chi connectivity index (χ1v) is 7.71. The molecule has 1 aliphatic rings. The van der Waals surface area contributed by atoms with E-state index in [0.717, 1.165) is 0 Å². The molecular formula is C10H11BrN2O3S. The lowest BCUT2D eigenvalue weighted by Gasteiger charge is -2.26. The van der Waals surface area contributed by atoms with Crippen molar-refractivity contribution >= 4 is 31.7 Å². The summed E-state index contributed by atoms with van der Waals surface area (Å²) < 4.78 is 23.1. The van der Waals surface area contributed by atoms with Gasteiger partial charge in [0, 0.05) is 19.3 Å². The molecule has 0 spiro atoms. The quantitative estimate of drug-likeness (QED) is 0.715. The molecule has 0 atom stereocenters. The smallest absolute Gasteiger partial charge is 0.255 e. The molecule has 0 N–H and O–H groups in total. The molecule has 1 aliphatic heterocycles. The molecular weight excluding hydrogens is 308 g/mol. The molecule has 0 aromatic carbocycles. The van der Waals surface area contributed by atoms with Crippen LogP contribution in [0.5, 0.6) is 0 Å². The summed E-state index contributed by atoms with van der Waals surface area (Å²) in [6.07, 6.45) is 1.48. The molecule has 5 nitrogen and oxygen atoms in total. The Hall–Kier alpha value is -0.950. The Morgan fingerprint density at radius 3 is 2.47 bits per heavy atom. The van der Waals surface area contributed by atoms with E-state index >= 15 is 0 Å². The zero-order chi connectivity index (χ0) is 12.5. The molecule has 0 bridgehead atoms. The maximum Gasteiger partial charge on any atom is 0.255 e. The van der Waals surface area contributed by atoms with Gasteiger partial charge in [-0.1, -0.05) is 0 Å². The second-order valence-corrected chi connectivity index (χ2v) is 6.93. The van der Waals surface area contributed by atoms with Crippen molar-refractivity contribution < 1.29 is 13.2 Å². The molecule has 2 heterocycles. The largest absolute Gasteiger partial charge is 0.337 e. The Kier molecular flexibility index (Phi) is 3.48. The monoisotopic (exact) mass is 318 g/mol. The minimum absolute atomic E-state index is 0.0443. The first kappa shape index (κ1) is 12.5. The van der Waals surface area contributed by atoms with Gasteiger partial charge in [-0.3, -0.25) is 4.79 Å². The van der Waals surface area contributed by atoms with Gasteiger partial charge in [0.25, 0.3) is 5.91 Å². The summed E-state index contributed by atoms with van der Waals surface area (Å²) in [6.45, 7) is 0.522. The average Bonchev–Trinajstić information content (AvgIpc) is 2.29. The third-order valence-electron chi connectivity index (χ3n) is 2.61. The van der Waals surface area contributed by atoms with E-state index in [4.69, 9.17) is 0 Å². The van der Waals surface area contributed by atoms with Crippen LogP contribution in [0.1, 0.15) is 10.4 Å². The number of pyridine rings is 1. The fourth-order valence-electron chi connectivity index (χ4n) is 1.60. The van der Waals surface area contributed by atoms with E-state index < -0.39 is 9.84 Å². The predicted octanol–water partition coefficient (Wildman–Crippen LogP) is 0.715. The number of carbonyl (C=O) groups is 1. The van der Waals surface area contributed by atoms with Crippen molar-refractivity contribution in [1.82, 2.24) is 9.88 Å². The van der Waals surface area contributed by atoms with Gasteiger partial charge in [-0.2, -0.15) is 0 Å². The van der Waals surface area contributed by atoms with Crippen LogP contribution in [0.3, 0.4) is 0 Å². The second-order valence-electron chi connectivity index (χ2n) is 3.81. The normalized spacial score (nSPS) is 19.0. The molecule has 2 rings (SSSR count). The lowest BCUT2D eigenvalue weighted by Crippen LogP contribution is -2.43. The zero-order valence-electron chi connectivity index (χ0n) is 8.97. The molecule has 17 heavy (non-hydrogen) atoms. The number of carbonyl (C=O) groups excluding carboxylic acids is 1. The zero-order valence-corrected chi connectivity index (χ0v) is 11.4. The first-order chi connectivity index (χ1) is 7.98. The molecule has 1 aromatic heterocycles. The summed E-state index contributed by atoms with van der Waals surface area (Å²) in [4.78, 5) is 17.5. The number of hydrogen-bond acceptors (Lipinski definition) is 4. The number of aromatic nitrogens is 1. The van der Waals surface area contributed by atoms with E-state index in [9.17, 15) is 13.2 Å². The van der Waals surface area contributed by atoms with Crippen LogP contribution in [-0.4, -0.2) is 48.8 Å². The standard InChI is InChI=1S/C10H11BrN2O3S/c11-9-2-1-8(7-12-9)10(14)13-3-5-17(15,16)6-4-13/h1-2,7H,3-6H2. The molecule has 1 fully saturated rings. The van der Waals surface area contributed by atoms with Crippen LogP contribution >= 0.6 is 15.9 Å². The molecule has 1 aromatic rings. The van der Waals surface area contributed by atoms with E-state index in [1.165, 1.54) is 6.20 Å². The van der Waals surface area contributed by atoms with Gasteiger partial charge >= 0.3 is 0 Å². The summed E-state index contributed by atoms with van der Waals surface area (Å²) in [7, 11) is -2.96. The Balaban J connectivity index is 2.09. The van der Waals surface area contributed by atoms with Gasteiger partial charge < -0.3 is 4.90 Å². The summed E-state index contributed by atoms with van der Waals surface area (Å²) in [5.74, 6) is -0.0781. The van der Waals surface area contributed by atoms with Crippen LogP contribution in [-0.2, 0) is 9.84 Å². The summed E-state index contributed by atoms with van der Waals surface area (Å²) in [5, 5.41) is 0. The number of sulfone groups is 1. The van der Waals surface area contributed by atoms with Gasteiger partial charge in [-0.05, 0) is 28.1 Å². The Morgan fingerprint density at radius 2 is 1.94 bits per heavy atom. The number of halogens is 1. The molecule has 0 radical (unpaired) electrons. The lowest BCUT2D eigenvalue weighted by atomic mass is 10.2. The van der Waals surface area contributed by atoms with Gasteiger partial charge in [-0.15, -0.1) is 0 Å². The molecule has 0 unspecified atom stereocenters. The predicted molar refractivity (Wildman–Crippen MR) is 66.5 cm³/mol. The van der Waals surface area contributed by atoms with E-state index in [1.54, 1.807) is 17.0 Å². The summed E-state index contributed by atoms with van der Waals surface area (Å²) in [6, 6.07) is 3.36. The highest BCUT2D eigenvalue weighted by atomic mass is 79.9. The van der Waals surface area contributed by atoms with E-state index in [2.05, 4.69) is 20.9 Å². The van der Waals surface area contributed by atoms with Gasteiger partial charge in [0.1, 0.15) is 4.60 Å². The third-order valence-corrected chi connectivity index (χ3v) is 4.68. The average molecular weight is 319 g/mol. The topological polar surface area (TPSA) is 67.3 Å². The van der Waals surface area contributed by atoms with Crippen molar-refractivity contribution in [2.45, 2.75) is 0 Å². The lowest BCUT2D eigenvalue weighted by molar-refractivity contribution is 0.0770. The highest BCUT2D eigenvalue weighted by Gasteiger charge is 2.25. The second kappa shape index (κ2) is 4.73. The SMILES string of the molecule is O=C(c1ccc(Br)nc1)N1CCS(=O)(=O)CC1. The Morgan fingerprint density at radius 1 is 1.29 bits per heavy atom. The van der Waals surface area contributed by atoms with Crippen LogP contribution in [0.2, 0.25) is 0 Å². The highest BCUT2D eigenvalue weighted by molar-refractivity contribution is 9.10. The minimum Gasteiger partial charge on any atom is -0.337 e. The van der Waals surface area contributed by atoms with Crippen LogP contribution in [0, 0.1) is 0 Å². The van der Waals surface area contributed by atoms with Crippen LogP contribution < -0.4 is 0 Å². The molecule has 1 amide bonds. The van der Waals surface area contributed by atoms with Crippen LogP contribution in [0.4, 0.5) is 0 Å². The Labute approximate surface area is 108 Å². The van der Waals surface area contributed by atoms with Crippen molar-refractivity contribution in [2.24, 2.45) is 0 Å². The van der Waals surface area contributed by atoms with Crippen molar-refractivity contribution in [3.8, 4) is 0 Å². The van der Waals surface area contributed by atoms with Crippen molar-refractivity contribution in [1.29, 1.82) is 0 Å². The van der Waals surface area contributed by atoms with E-state index in [-0.39, 0.29) is 30.5 Å². The van der Waals surface area contributed by atoms with Crippen LogP contribution in [0.25, 0.3) is 0 Å². The van der Waals surface area contributed by atoms with E-state index in [1.807, 2.05) is 0 Å². The maximum absolute atomic E-state index is 12.0. The highest BCUT2D eigenvalue weighted by Crippen LogP contribution is 2.11. The van der Waals surface area contributed by atoms with Gasteiger partial charge in [0.2, 0.25) is 0 Å². The molecule has 92 valence electrons. The fraction of sp³-hybridized carbons (Fsp3) is 0.400. The van der Waals surface area contributed by atoms with Gasteiger partial charge in [0.15, 0.2) is 9.84 Å². The van der Waals surface area contributed by atoms with Gasteiger partial charge in [-0.25, -0.2) is 13.4 Å². The van der Waals surface area contributed by atoms with E-state index in [0.29, 0.717) is 10.2 Å². The molecule has 1 saturated heterocycles. The minimum atomic E-state index is -2.96. The number of nitrogens with zero attached hydrogens (tertiary/aromatic N) is 2. The summed E-state index contributed by atoms with van der Waals surface area (Å²) in [5.41, 5.74) is 0.479. The molecule has 7 heteroatoms.